The van der Waals surface area contributed by atoms with E-state index in [9.17, 15) is 22.8 Å². The molecule has 1 aromatic heterocycles. The van der Waals surface area contributed by atoms with Gasteiger partial charge in [-0.3, -0.25) is 9.59 Å². The van der Waals surface area contributed by atoms with E-state index in [0.717, 1.165) is 6.20 Å². The maximum Gasteiger partial charge on any atom is 0.422 e. The Morgan fingerprint density at radius 1 is 1.00 bits per heavy atom. The average Bonchev–Trinajstić information content (AvgIpc) is 2.72. The molecular formula is C19H17ClF3N3O3. The Labute approximate surface area is 169 Å². The van der Waals surface area contributed by atoms with Crippen molar-refractivity contribution in [2.45, 2.75) is 6.18 Å². The van der Waals surface area contributed by atoms with E-state index in [1.54, 1.807) is 34.1 Å². The summed E-state index contributed by atoms with van der Waals surface area (Å²) >= 11 is 5.90. The van der Waals surface area contributed by atoms with Crippen LogP contribution in [0, 0.1) is 0 Å². The van der Waals surface area contributed by atoms with Crippen molar-refractivity contribution < 1.29 is 27.5 Å². The first kappa shape index (κ1) is 20.9. The van der Waals surface area contributed by atoms with E-state index in [-0.39, 0.29) is 28.3 Å². The Balaban J connectivity index is 1.59. The third-order valence-electron chi connectivity index (χ3n) is 4.30. The van der Waals surface area contributed by atoms with Crippen LogP contribution in [-0.4, -0.2) is 65.6 Å². The van der Waals surface area contributed by atoms with Crippen LogP contribution in [-0.2, 0) is 0 Å². The van der Waals surface area contributed by atoms with E-state index in [1.807, 2.05) is 6.07 Å². The molecule has 1 saturated heterocycles. The topological polar surface area (TPSA) is 62.7 Å². The van der Waals surface area contributed by atoms with Gasteiger partial charge in [-0.15, -0.1) is 0 Å². The molecule has 0 aliphatic carbocycles. The summed E-state index contributed by atoms with van der Waals surface area (Å²) in [6.45, 7) is -0.145. The lowest BCUT2D eigenvalue weighted by molar-refractivity contribution is -0.154. The van der Waals surface area contributed by atoms with Gasteiger partial charge in [0.25, 0.3) is 11.8 Å². The molecule has 0 spiro atoms. The zero-order valence-electron chi connectivity index (χ0n) is 15.2. The summed E-state index contributed by atoms with van der Waals surface area (Å²) < 4.78 is 41.2. The highest BCUT2D eigenvalue weighted by Crippen LogP contribution is 2.25. The van der Waals surface area contributed by atoms with Crippen molar-refractivity contribution in [3.8, 4) is 5.88 Å². The molecule has 0 atom stereocenters. The molecule has 2 heterocycles. The number of rotatable bonds is 4. The number of piperazine rings is 1. The highest BCUT2D eigenvalue weighted by atomic mass is 35.5. The maximum absolute atomic E-state index is 12.6. The van der Waals surface area contributed by atoms with Gasteiger partial charge in [0.15, 0.2) is 6.61 Å². The molecule has 0 unspecified atom stereocenters. The van der Waals surface area contributed by atoms with Crippen molar-refractivity contribution in [1.82, 2.24) is 14.8 Å². The van der Waals surface area contributed by atoms with Gasteiger partial charge in [0.2, 0.25) is 5.88 Å². The number of nitrogens with zero attached hydrogens (tertiary/aromatic N) is 3. The molecule has 1 fully saturated rings. The predicted molar refractivity (Wildman–Crippen MR) is 99.0 cm³/mol. The number of alkyl halides is 3. The summed E-state index contributed by atoms with van der Waals surface area (Å²) in [5, 5.41) is -0.182. The molecule has 10 heteroatoms. The fourth-order valence-corrected chi connectivity index (χ4v) is 3.08. The second-order valence-corrected chi connectivity index (χ2v) is 6.77. The van der Waals surface area contributed by atoms with Gasteiger partial charge in [-0.05, 0) is 18.2 Å². The molecule has 1 aromatic carbocycles. The van der Waals surface area contributed by atoms with Crippen molar-refractivity contribution in [2.75, 3.05) is 32.8 Å². The Bertz CT molecular complexity index is 885. The largest absolute Gasteiger partial charge is 0.467 e. The third kappa shape index (κ3) is 5.38. The van der Waals surface area contributed by atoms with Gasteiger partial charge in [-0.2, -0.15) is 13.2 Å². The van der Waals surface area contributed by atoms with Crippen LogP contribution in [0.3, 0.4) is 0 Å². The van der Waals surface area contributed by atoms with Crippen LogP contribution >= 0.6 is 11.6 Å². The summed E-state index contributed by atoms with van der Waals surface area (Å²) in [4.78, 5) is 32.0. The number of aromatic nitrogens is 1. The second-order valence-electron chi connectivity index (χ2n) is 6.37. The number of hydrogen-bond donors (Lipinski definition) is 0. The van der Waals surface area contributed by atoms with Gasteiger partial charge < -0.3 is 14.5 Å². The van der Waals surface area contributed by atoms with Crippen molar-refractivity contribution in [3.63, 3.8) is 0 Å². The van der Waals surface area contributed by atoms with E-state index >= 15 is 0 Å². The lowest BCUT2D eigenvalue weighted by Crippen LogP contribution is -2.50. The number of ether oxygens (including phenoxy) is 1. The average molecular weight is 428 g/mol. The maximum atomic E-state index is 12.6. The number of pyridine rings is 1. The predicted octanol–water partition coefficient (Wildman–Crippen LogP) is 3.27. The van der Waals surface area contributed by atoms with E-state index in [0.29, 0.717) is 31.7 Å². The Hall–Kier alpha value is -2.81. The van der Waals surface area contributed by atoms with Crippen LogP contribution in [0.1, 0.15) is 20.7 Å². The van der Waals surface area contributed by atoms with Crippen LogP contribution in [0.25, 0.3) is 0 Å². The summed E-state index contributed by atoms with van der Waals surface area (Å²) in [6, 6.07) is 10.1. The van der Waals surface area contributed by atoms with Gasteiger partial charge in [-0.1, -0.05) is 29.8 Å². The van der Waals surface area contributed by atoms with Crippen LogP contribution in [0.5, 0.6) is 5.88 Å². The number of carbonyl (C=O) groups is 2. The lowest BCUT2D eigenvalue weighted by atomic mass is 10.1. The first-order chi connectivity index (χ1) is 13.7. The van der Waals surface area contributed by atoms with E-state index in [4.69, 9.17) is 11.6 Å². The fraction of sp³-hybridized carbons (Fsp3) is 0.316. The number of amides is 2. The molecule has 0 saturated carbocycles. The van der Waals surface area contributed by atoms with Crippen molar-refractivity contribution in [1.29, 1.82) is 0 Å². The van der Waals surface area contributed by atoms with Crippen molar-refractivity contribution in [3.05, 3.63) is 58.7 Å². The summed E-state index contributed by atoms with van der Waals surface area (Å²) in [7, 11) is 0. The molecule has 1 aliphatic rings. The minimum Gasteiger partial charge on any atom is -0.467 e. The monoisotopic (exact) mass is 427 g/mol. The molecule has 154 valence electrons. The molecule has 0 bridgehead atoms. The zero-order valence-corrected chi connectivity index (χ0v) is 15.9. The molecular weight excluding hydrogens is 411 g/mol. The van der Waals surface area contributed by atoms with Crippen molar-refractivity contribution >= 4 is 23.4 Å². The van der Waals surface area contributed by atoms with Crippen molar-refractivity contribution in [2.24, 2.45) is 0 Å². The molecule has 2 amide bonds. The molecule has 2 aromatic rings. The minimum absolute atomic E-state index is 0.103. The second kappa shape index (κ2) is 8.69. The van der Waals surface area contributed by atoms with Crippen LogP contribution < -0.4 is 4.74 Å². The first-order valence-corrected chi connectivity index (χ1v) is 9.11. The number of benzene rings is 1. The number of halogens is 4. The van der Waals surface area contributed by atoms with Crippen LogP contribution in [0.4, 0.5) is 13.2 Å². The quantitative estimate of drug-likeness (QED) is 0.751. The van der Waals surface area contributed by atoms with Gasteiger partial charge in [0.1, 0.15) is 5.02 Å². The molecule has 0 N–H and O–H groups in total. The summed E-state index contributed by atoms with van der Waals surface area (Å²) in [6.07, 6.45) is -3.39. The molecule has 3 rings (SSSR count). The summed E-state index contributed by atoms with van der Waals surface area (Å²) in [5.41, 5.74) is 0.717. The Morgan fingerprint density at radius 2 is 1.55 bits per heavy atom. The van der Waals surface area contributed by atoms with Gasteiger partial charge in [0.05, 0.1) is 5.56 Å². The highest BCUT2D eigenvalue weighted by Gasteiger charge is 2.30. The molecule has 1 aliphatic heterocycles. The minimum atomic E-state index is -4.52. The third-order valence-corrected chi connectivity index (χ3v) is 4.57. The highest BCUT2D eigenvalue weighted by molar-refractivity contribution is 6.32. The lowest BCUT2D eigenvalue weighted by Gasteiger charge is -2.34. The van der Waals surface area contributed by atoms with E-state index in [2.05, 4.69) is 9.72 Å². The standard InChI is InChI=1S/C19H17ClF3N3O3/c20-15-10-14(11-24-16(15)29-12-19(21,22)23)18(28)26-8-6-25(7-9-26)17(27)13-4-2-1-3-5-13/h1-5,10-11H,6-9,12H2. The van der Waals surface area contributed by atoms with Gasteiger partial charge >= 0.3 is 6.18 Å². The molecule has 0 radical (unpaired) electrons. The van der Waals surface area contributed by atoms with E-state index in [1.165, 1.54) is 6.07 Å². The summed E-state index contributed by atoms with van der Waals surface area (Å²) in [5.74, 6) is -0.860. The molecule has 6 nitrogen and oxygen atoms in total. The first-order valence-electron chi connectivity index (χ1n) is 8.73. The van der Waals surface area contributed by atoms with Gasteiger partial charge in [-0.25, -0.2) is 4.98 Å². The molecule has 29 heavy (non-hydrogen) atoms. The van der Waals surface area contributed by atoms with Crippen LogP contribution in [0.15, 0.2) is 42.6 Å². The Morgan fingerprint density at radius 3 is 2.07 bits per heavy atom. The fourth-order valence-electron chi connectivity index (χ4n) is 2.86. The number of hydrogen-bond acceptors (Lipinski definition) is 4. The normalized spacial score (nSPS) is 14.6. The zero-order chi connectivity index (χ0) is 21.0. The van der Waals surface area contributed by atoms with Crippen LogP contribution in [0.2, 0.25) is 5.02 Å². The Kier molecular flexibility index (Phi) is 6.26. The van der Waals surface area contributed by atoms with E-state index < -0.39 is 12.8 Å². The van der Waals surface area contributed by atoms with Gasteiger partial charge in [0, 0.05) is 37.9 Å². The number of carbonyl (C=O) groups excluding carboxylic acids is 2. The SMILES string of the molecule is O=C(c1ccccc1)N1CCN(C(=O)c2cnc(OCC(F)(F)F)c(Cl)c2)CC1. The smallest absolute Gasteiger partial charge is 0.422 e.